The molecule has 0 amide bonds. The molecule has 0 rings (SSSR count). The minimum atomic E-state index is -5.52. The molecule has 0 aliphatic carbocycles. The van der Waals surface area contributed by atoms with E-state index < -0.39 is 17.7 Å². The number of rotatable bonds is 1. The SMILES string of the molecule is C=C(C)C(F)(F)C(F)(F)F. The van der Waals surface area contributed by atoms with Crippen molar-refractivity contribution in [3.05, 3.63) is 12.2 Å². The second-order valence-electron chi connectivity index (χ2n) is 1.85. The largest absolute Gasteiger partial charge is 0.457 e. The standard InChI is InChI=1S/C5H5F5/c1-3(2)4(6,7)5(8,9)10/h1H2,2H3. The summed E-state index contributed by atoms with van der Waals surface area (Å²) in [5, 5.41) is 0. The molecule has 5 heteroatoms. The zero-order chi connectivity index (χ0) is 8.58. The number of hydrogen-bond acceptors (Lipinski definition) is 0. The molecule has 0 aromatic heterocycles. The Bertz CT molecular complexity index is 143. The van der Waals surface area contributed by atoms with Crippen LogP contribution in [0.1, 0.15) is 6.92 Å². The van der Waals surface area contributed by atoms with Crippen LogP contribution in [0, 0.1) is 0 Å². The van der Waals surface area contributed by atoms with Crippen LogP contribution in [0.2, 0.25) is 0 Å². The Kier molecular flexibility index (Phi) is 2.08. The second-order valence-corrected chi connectivity index (χ2v) is 1.85. The average molecular weight is 160 g/mol. The van der Waals surface area contributed by atoms with Crippen LogP contribution in [0.15, 0.2) is 12.2 Å². The molecule has 0 saturated heterocycles. The van der Waals surface area contributed by atoms with Crippen molar-refractivity contribution in [3.63, 3.8) is 0 Å². The molecule has 0 radical (unpaired) electrons. The highest BCUT2D eigenvalue weighted by atomic mass is 19.4. The van der Waals surface area contributed by atoms with Crippen LogP contribution in [-0.2, 0) is 0 Å². The maximum Gasteiger partial charge on any atom is 0.457 e. The predicted molar refractivity (Wildman–Crippen MR) is 25.8 cm³/mol. The van der Waals surface area contributed by atoms with E-state index in [1.54, 1.807) is 0 Å². The van der Waals surface area contributed by atoms with Crippen molar-refractivity contribution < 1.29 is 22.0 Å². The smallest absolute Gasteiger partial charge is 0.191 e. The van der Waals surface area contributed by atoms with Gasteiger partial charge < -0.3 is 0 Å². The first-order valence-electron chi connectivity index (χ1n) is 2.30. The summed E-state index contributed by atoms with van der Waals surface area (Å²) in [5.74, 6) is -4.76. The fraction of sp³-hybridized carbons (Fsp3) is 0.600. The van der Waals surface area contributed by atoms with Gasteiger partial charge in [-0.25, -0.2) is 0 Å². The summed E-state index contributed by atoms with van der Waals surface area (Å²) in [7, 11) is 0. The van der Waals surface area contributed by atoms with E-state index >= 15 is 0 Å². The average Bonchev–Trinajstić information content (AvgIpc) is 1.62. The fourth-order valence-electron chi connectivity index (χ4n) is 0.242. The lowest BCUT2D eigenvalue weighted by molar-refractivity contribution is -0.263. The molecule has 0 heterocycles. The van der Waals surface area contributed by atoms with Gasteiger partial charge in [-0.2, -0.15) is 22.0 Å². The van der Waals surface area contributed by atoms with Gasteiger partial charge in [-0.1, -0.05) is 6.58 Å². The van der Waals surface area contributed by atoms with Crippen LogP contribution in [0.4, 0.5) is 22.0 Å². The first-order chi connectivity index (χ1) is 4.19. The first kappa shape index (κ1) is 9.39. The first-order valence-corrected chi connectivity index (χ1v) is 2.30. The van der Waals surface area contributed by atoms with Crippen LogP contribution in [0.5, 0.6) is 0 Å². The van der Waals surface area contributed by atoms with E-state index in [1.807, 2.05) is 0 Å². The van der Waals surface area contributed by atoms with Crippen molar-refractivity contribution in [3.8, 4) is 0 Å². The molecule has 0 aliphatic heterocycles. The second kappa shape index (κ2) is 2.21. The number of alkyl halides is 5. The van der Waals surface area contributed by atoms with Gasteiger partial charge in [-0.15, -0.1) is 0 Å². The molecule has 10 heavy (non-hydrogen) atoms. The number of hydrogen-bond donors (Lipinski definition) is 0. The highest BCUT2D eigenvalue weighted by Crippen LogP contribution is 2.39. The Morgan fingerprint density at radius 3 is 1.40 bits per heavy atom. The summed E-state index contributed by atoms with van der Waals surface area (Å²) in [5.41, 5.74) is -1.19. The maximum absolute atomic E-state index is 11.8. The van der Waals surface area contributed by atoms with Crippen LogP contribution < -0.4 is 0 Å². The van der Waals surface area contributed by atoms with E-state index in [-0.39, 0.29) is 0 Å². The van der Waals surface area contributed by atoms with Crippen molar-refractivity contribution in [2.24, 2.45) is 0 Å². The summed E-state index contributed by atoms with van der Waals surface area (Å²) in [6.45, 7) is 3.16. The van der Waals surface area contributed by atoms with Gasteiger partial charge in [0, 0.05) is 0 Å². The van der Waals surface area contributed by atoms with Gasteiger partial charge in [0.1, 0.15) is 0 Å². The summed E-state index contributed by atoms with van der Waals surface area (Å²) < 4.78 is 57.5. The maximum atomic E-state index is 11.8. The van der Waals surface area contributed by atoms with E-state index in [0.29, 0.717) is 6.92 Å². The third-order valence-electron chi connectivity index (χ3n) is 0.892. The molecule has 0 unspecified atom stereocenters. The Balaban J connectivity index is 4.57. The third kappa shape index (κ3) is 1.46. The van der Waals surface area contributed by atoms with Crippen LogP contribution in [0.3, 0.4) is 0 Å². The Labute approximate surface area is 54.3 Å². The molecular formula is C5H5F5. The highest BCUT2D eigenvalue weighted by molar-refractivity contribution is 5.07. The van der Waals surface area contributed by atoms with Crippen molar-refractivity contribution in [1.82, 2.24) is 0 Å². The van der Waals surface area contributed by atoms with Crippen LogP contribution >= 0.6 is 0 Å². The molecule has 0 aliphatic rings. The lowest BCUT2D eigenvalue weighted by atomic mass is 10.2. The predicted octanol–water partition coefficient (Wildman–Crippen LogP) is 2.76. The zero-order valence-electron chi connectivity index (χ0n) is 5.10. The topological polar surface area (TPSA) is 0 Å². The Hall–Kier alpha value is -0.610. The van der Waals surface area contributed by atoms with E-state index in [1.165, 1.54) is 0 Å². The molecule has 0 saturated carbocycles. The van der Waals surface area contributed by atoms with E-state index in [0.717, 1.165) is 0 Å². The van der Waals surface area contributed by atoms with Crippen LogP contribution in [0.25, 0.3) is 0 Å². The van der Waals surface area contributed by atoms with E-state index in [2.05, 4.69) is 6.58 Å². The van der Waals surface area contributed by atoms with Crippen molar-refractivity contribution in [1.29, 1.82) is 0 Å². The monoisotopic (exact) mass is 160 g/mol. The van der Waals surface area contributed by atoms with Gasteiger partial charge >= 0.3 is 12.1 Å². The van der Waals surface area contributed by atoms with Crippen molar-refractivity contribution >= 4 is 0 Å². The molecule has 0 spiro atoms. The van der Waals surface area contributed by atoms with E-state index in [4.69, 9.17) is 0 Å². The molecule has 0 atom stereocenters. The van der Waals surface area contributed by atoms with Gasteiger partial charge in [-0.3, -0.25) is 0 Å². The minimum absolute atomic E-state index is 0.632. The molecule has 0 fully saturated rings. The van der Waals surface area contributed by atoms with Gasteiger partial charge in [0.15, 0.2) is 0 Å². The molecule has 0 bridgehead atoms. The van der Waals surface area contributed by atoms with Crippen molar-refractivity contribution in [2.75, 3.05) is 0 Å². The minimum Gasteiger partial charge on any atom is -0.191 e. The zero-order valence-corrected chi connectivity index (χ0v) is 5.10. The Morgan fingerprint density at radius 1 is 1.10 bits per heavy atom. The summed E-state index contributed by atoms with van der Waals surface area (Å²) in [4.78, 5) is 0. The third-order valence-corrected chi connectivity index (χ3v) is 0.892. The quantitative estimate of drug-likeness (QED) is 0.408. The van der Waals surface area contributed by atoms with Gasteiger partial charge in [0.25, 0.3) is 0 Å². The fourth-order valence-corrected chi connectivity index (χ4v) is 0.242. The van der Waals surface area contributed by atoms with Gasteiger partial charge in [0.05, 0.1) is 0 Å². The van der Waals surface area contributed by atoms with E-state index in [9.17, 15) is 22.0 Å². The number of allylic oxidation sites excluding steroid dienone is 1. The highest BCUT2D eigenvalue weighted by Gasteiger charge is 2.57. The lowest BCUT2D eigenvalue weighted by Crippen LogP contribution is -2.36. The summed E-state index contributed by atoms with van der Waals surface area (Å²) >= 11 is 0. The normalized spacial score (nSPS) is 13.4. The summed E-state index contributed by atoms with van der Waals surface area (Å²) in [6, 6.07) is 0. The van der Waals surface area contributed by atoms with Crippen molar-refractivity contribution in [2.45, 2.75) is 19.0 Å². The van der Waals surface area contributed by atoms with Gasteiger partial charge in [-0.05, 0) is 12.5 Å². The number of halogens is 5. The Morgan fingerprint density at radius 2 is 1.40 bits per heavy atom. The molecule has 60 valence electrons. The molecule has 0 nitrogen and oxygen atoms in total. The molecule has 0 aromatic rings. The van der Waals surface area contributed by atoms with Crippen LogP contribution in [-0.4, -0.2) is 12.1 Å². The lowest BCUT2D eigenvalue weighted by Gasteiger charge is -2.18. The molecular weight excluding hydrogens is 155 g/mol. The molecule has 0 N–H and O–H groups in total. The van der Waals surface area contributed by atoms with Gasteiger partial charge in [0.2, 0.25) is 0 Å². The summed E-state index contributed by atoms with van der Waals surface area (Å²) in [6.07, 6.45) is -5.52. The molecule has 0 aromatic carbocycles.